The van der Waals surface area contributed by atoms with Gasteiger partial charge in [0.2, 0.25) is 11.8 Å². The largest absolute Gasteiger partial charge is 0.493 e. The number of aromatic amines is 1. The molecule has 1 aromatic heterocycles. The lowest BCUT2D eigenvalue weighted by Crippen LogP contribution is -2.33. The van der Waals surface area contributed by atoms with Crippen LogP contribution in [0, 0.1) is 13.8 Å². The Morgan fingerprint density at radius 2 is 1.71 bits per heavy atom. The van der Waals surface area contributed by atoms with E-state index in [1.54, 1.807) is 30.3 Å². The number of H-pyrrole nitrogens is 1. The SMILES string of the molecule is COc1ccc([C@H]2CC(c3c(O)n(-c4cc(C)cc(C)c4)c(=O)[nH]c3=O)=NN2C(C)=O)cc1OC. The first-order valence-electron chi connectivity index (χ1n) is 10.9. The van der Waals surface area contributed by atoms with Crippen LogP contribution in [0.15, 0.2) is 51.1 Å². The lowest BCUT2D eigenvalue weighted by Gasteiger charge is -2.21. The van der Waals surface area contributed by atoms with Crippen molar-refractivity contribution in [2.45, 2.75) is 33.2 Å². The van der Waals surface area contributed by atoms with Crippen molar-refractivity contribution in [3.63, 3.8) is 0 Å². The summed E-state index contributed by atoms with van der Waals surface area (Å²) in [7, 11) is 3.03. The second-order valence-electron chi connectivity index (χ2n) is 8.38. The van der Waals surface area contributed by atoms with E-state index >= 15 is 0 Å². The van der Waals surface area contributed by atoms with E-state index in [0.717, 1.165) is 15.7 Å². The Kier molecular flexibility index (Phi) is 6.21. The van der Waals surface area contributed by atoms with Gasteiger partial charge in [0.15, 0.2) is 11.5 Å². The molecule has 2 aromatic carbocycles. The maximum Gasteiger partial charge on any atom is 0.335 e. The molecule has 1 aliphatic heterocycles. The van der Waals surface area contributed by atoms with E-state index in [0.29, 0.717) is 22.7 Å². The summed E-state index contributed by atoms with van der Waals surface area (Å²) in [6, 6.07) is 10.1. The van der Waals surface area contributed by atoms with Crippen molar-refractivity contribution in [3.8, 4) is 23.1 Å². The molecule has 10 nitrogen and oxygen atoms in total. The van der Waals surface area contributed by atoms with Crippen molar-refractivity contribution in [2.75, 3.05) is 14.2 Å². The smallest absolute Gasteiger partial charge is 0.335 e. The molecule has 0 bridgehead atoms. The van der Waals surface area contributed by atoms with Crippen LogP contribution in [0.1, 0.15) is 41.6 Å². The molecule has 0 unspecified atom stereocenters. The number of nitrogens with one attached hydrogen (secondary N) is 1. The molecule has 2 heterocycles. The zero-order valence-corrected chi connectivity index (χ0v) is 20.1. The van der Waals surface area contributed by atoms with Crippen molar-refractivity contribution in [2.24, 2.45) is 5.10 Å². The number of methoxy groups -OCH3 is 2. The molecule has 1 atom stereocenters. The molecule has 0 fully saturated rings. The number of rotatable bonds is 5. The molecular formula is C25H26N4O6. The molecule has 2 N–H and O–H groups in total. The van der Waals surface area contributed by atoms with Gasteiger partial charge < -0.3 is 14.6 Å². The van der Waals surface area contributed by atoms with E-state index in [2.05, 4.69) is 10.1 Å². The first-order valence-corrected chi connectivity index (χ1v) is 10.9. The Morgan fingerprint density at radius 3 is 2.31 bits per heavy atom. The number of aromatic hydroxyl groups is 1. The van der Waals surface area contributed by atoms with Gasteiger partial charge in [-0.3, -0.25) is 14.6 Å². The molecule has 10 heteroatoms. The Labute approximate surface area is 201 Å². The number of aromatic nitrogens is 2. The van der Waals surface area contributed by atoms with Crippen LogP contribution in [-0.4, -0.2) is 45.5 Å². The number of carbonyl (C=O) groups excluding carboxylic acids is 1. The monoisotopic (exact) mass is 478 g/mol. The normalized spacial score (nSPS) is 15.2. The number of benzene rings is 2. The van der Waals surface area contributed by atoms with Crippen molar-refractivity contribution in [1.29, 1.82) is 0 Å². The summed E-state index contributed by atoms with van der Waals surface area (Å²) < 4.78 is 11.7. The Bertz CT molecular complexity index is 1450. The predicted octanol–water partition coefficient (Wildman–Crippen LogP) is 2.56. The minimum Gasteiger partial charge on any atom is -0.493 e. The van der Waals surface area contributed by atoms with Crippen LogP contribution in [0.5, 0.6) is 17.4 Å². The van der Waals surface area contributed by atoms with E-state index in [-0.39, 0.29) is 23.6 Å². The second kappa shape index (κ2) is 9.13. The Hall–Kier alpha value is -4.34. The van der Waals surface area contributed by atoms with Crippen molar-refractivity contribution >= 4 is 11.6 Å². The zero-order valence-electron chi connectivity index (χ0n) is 20.1. The number of amides is 1. The number of ether oxygens (including phenoxy) is 2. The summed E-state index contributed by atoms with van der Waals surface area (Å²) in [5.74, 6) is 0.114. The lowest BCUT2D eigenvalue weighted by atomic mass is 9.98. The van der Waals surface area contributed by atoms with Crippen LogP contribution >= 0.6 is 0 Å². The molecule has 0 saturated carbocycles. The van der Waals surface area contributed by atoms with Gasteiger partial charge in [-0.1, -0.05) is 12.1 Å². The van der Waals surface area contributed by atoms with Gasteiger partial charge >= 0.3 is 5.69 Å². The molecule has 35 heavy (non-hydrogen) atoms. The highest BCUT2D eigenvalue weighted by atomic mass is 16.5. The fourth-order valence-corrected chi connectivity index (χ4v) is 4.38. The standard InChI is InChI=1S/C25H26N4O6/c1-13-8-14(2)10-17(9-13)28-24(32)22(23(31)26-25(28)33)18-12-19(29(27-18)15(3)30)16-6-7-20(34-4)21(11-16)35-5/h6-11,19,32H,12H2,1-5H3,(H,26,31,33)/t19-/m1/s1. The van der Waals surface area contributed by atoms with Gasteiger partial charge in [-0.25, -0.2) is 14.4 Å². The van der Waals surface area contributed by atoms with E-state index in [1.807, 2.05) is 19.9 Å². The van der Waals surface area contributed by atoms with Crippen LogP contribution in [-0.2, 0) is 4.79 Å². The third kappa shape index (κ3) is 4.30. The molecule has 0 aliphatic carbocycles. The maximum absolute atomic E-state index is 12.8. The van der Waals surface area contributed by atoms with Gasteiger partial charge in [0.1, 0.15) is 5.56 Å². The molecule has 0 radical (unpaired) electrons. The fraction of sp³-hybridized carbons (Fsp3) is 0.280. The van der Waals surface area contributed by atoms with E-state index in [4.69, 9.17) is 9.47 Å². The molecule has 3 aromatic rings. The minimum absolute atomic E-state index is 0.136. The molecule has 1 aliphatic rings. The third-order valence-electron chi connectivity index (χ3n) is 5.86. The molecule has 0 spiro atoms. The summed E-state index contributed by atoms with van der Waals surface area (Å²) in [6.45, 7) is 5.09. The lowest BCUT2D eigenvalue weighted by molar-refractivity contribution is -0.130. The van der Waals surface area contributed by atoms with Crippen LogP contribution in [0.3, 0.4) is 0 Å². The van der Waals surface area contributed by atoms with Gasteiger partial charge in [-0.05, 0) is 54.8 Å². The molecule has 182 valence electrons. The number of carbonyl (C=O) groups is 1. The highest BCUT2D eigenvalue weighted by Crippen LogP contribution is 2.37. The quantitative estimate of drug-likeness (QED) is 0.580. The summed E-state index contributed by atoms with van der Waals surface area (Å²) >= 11 is 0. The summed E-state index contributed by atoms with van der Waals surface area (Å²) in [5, 5.41) is 16.7. The minimum atomic E-state index is -0.789. The van der Waals surface area contributed by atoms with Crippen LogP contribution in [0.25, 0.3) is 5.69 Å². The van der Waals surface area contributed by atoms with Crippen molar-refractivity contribution in [1.82, 2.24) is 14.6 Å². The van der Waals surface area contributed by atoms with Crippen LogP contribution in [0.2, 0.25) is 0 Å². The van der Waals surface area contributed by atoms with Gasteiger partial charge in [0.05, 0.1) is 31.7 Å². The van der Waals surface area contributed by atoms with Gasteiger partial charge in [0.25, 0.3) is 5.56 Å². The zero-order chi connectivity index (χ0) is 25.4. The highest BCUT2D eigenvalue weighted by molar-refractivity contribution is 6.04. The topological polar surface area (TPSA) is 126 Å². The van der Waals surface area contributed by atoms with Crippen molar-refractivity contribution in [3.05, 3.63) is 79.5 Å². The first-order chi connectivity index (χ1) is 16.6. The van der Waals surface area contributed by atoms with Gasteiger partial charge in [-0.15, -0.1) is 0 Å². The molecule has 0 saturated heterocycles. The number of aryl methyl sites for hydroxylation is 2. The fourth-order valence-electron chi connectivity index (χ4n) is 4.38. The van der Waals surface area contributed by atoms with Crippen LogP contribution < -0.4 is 20.7 Å². The van der Waals surface area contributed by atoms with Gasteiger partial charge in [-0.2, -0.15) is 5.10 Å². The van der Waals surface area contributed by atoms with E-state index < -0.39 is 23.2 Å². The second-order valence-corrected chi connectivity index (χ2v) is 8.38. The average molecular weight is 479 g/mol. The summed E-state index contributed by atoms with van der Waals surface area (Å²) in [6.07, 6.45) is 0.136. The number of hydrogen-bond donors (Lipinski definition) is 2. The van der Waals surface area contributed by atoms with Gasteiger partial charge in [0, 0.05) is 13.3 Å². The summed E-state index contributed by atoms with van der Waals surface area (Å²) in [4.78, 5) is 40.2. The van der Waals surface area contributed by atoms with Crippen LogP contribution in [0.4, 0.5) is 0 Å². The average Bonchev–Trinajstić information content (AvgIpc) is 3.23. The van der Waals surface area contributed by atoms with E-state index in [1.165, 1.54) is 26.2 Å². The molecule has 1 amide bonds. The first kappa shape index (κ1) is 23.8. The Balaban J connectivity index is 1.83. The summed E-state index contributed by atoms with van der Waals surface area (Å²) in [5.41, 5.74) is 1.32. The number of hydrogen-bond acceptors (Lipinski definition) is 7. The predicted molar refractivity (Wildman–Crippen MR) is 130 cm³/mol. The number of hydrazone groups is 1. The van der Waals surface area contributed by atoms with Crippen molar-refractivity contribution < 1.29 is 19.4 Å². The molecular weight excluding hydrogens is 452 g/mol. The van der Waals surface area contributed by atoms with E-state index in [9.17, 15) is 19.5 Å². The number of nitrogens with zero attached hydrogens (tertiary/aromatic N) is 3. The molecule has 4 rings (SSSR count). The maximum atomic E-state index is 12.8. The highest BCUT2D eigenvalue weighted by Gasteiger charge is 2.35. The third-order valence-corrected chi connectivity index (χ3v) is 5.86. The Morgan fingerprint density at radius 1 is 1.06 bits per heavy atom.